The number of benzene rings is 3. The van der Waals surface area contributed by atoms with E-state index in [4.69, 9.17) is 4.42 Å². The van der Waals surface area contributed by atoms with Crippen molar-refractivity contribution in [1.29, 1.82) is 0 Å². The average Bonchev–Trinajstić information content (AvgIpc) is 3.46. The Balaban J connectivity index is 1.39. The van der Waals surface area contributed by atoms with Crippen molar-refractivity contribution in [3.8, 4) is 0 Å². The average molecular weight is 456 g/mol. The summed E-state index contributed by atoms with van der Waals surface area (Å²) < 4.78 is 20.0. The van der Waals surface area contributed by atoms with Crippen molar-refractivity contribution >= 4 is 27.8 Å². The van der Waals surface area contributed by atoms with Crippen LogP contribution in [0.3, 0.4) is 0 Å². The quantitative estimate of drug-likeness (QED) is 0.291. The lowest BCUT2D eigenvalue weighted by molar-refractivity contribution is -0.127. The van der Waals surface area contributed by atoms with Gasteiger partial charge in [0.25, 0.3) is 0 Å². The van der Waals surface area contributed by atoms with Crippen molar-refractivity contribution < 1.29 is 13.6 Å². The third-order valence-electron chi connectivity index (χ3n) is 6.25. The number of carbonyl (C=O) groups is 1. The fourth-order valence-electron chi connectivity index (χ4n) is 4.30. The van der Waals surface area contributed by atoms with Crippen molar-refractivity contribution in [1.82, 2.24) is 15.6 Å². The molecule has 3 N–H and O–H groups in total. The second-order valence-electron chi connectivity index (χ2n) is 8.75. The van der Waals surface area contributed by atoms with E-state index in [0.29, 0.717) is 18.5 Å². The number of rotatable bonds is 8. The number of hydrogen-bond donors (Lipinski definition) is 3. The van der Waals surface area contributed by atoms with Crippen LogP contribution in [0.25, 0.3) is 21.9 Å². The number of nitrogens with one attached hydrogen (secondary N) is 3. The minimum absolute atomic E-state index is 0.112. The Morgan fingerprint density at radius 1 is 0.971 bits per heavy atom. The Hall–Kier alpha value is -3.90. The van der Waals surface area contributed by atoms with Gasteiger partial charge >= 0.3 is 0 Å². The highest BCUT2D eigenvalue weighted by molar-refractivity contribution is 5.89. The fraction of sp³-hybridized carbons (Fsp3) is 0.179. The van der Waals surface area contributed by atoms with Crippen LogP contribution in [0.15, 0.2) is 89.5 Å². The summed E-state index contributed by atoms with van der Waals surface area (Å²) in [4.78, 5) is 16.7. The predicted octanol–water partition coefficient (Wildman–Crippen LogP) is 5.46. The Morgan fingerprint density at radius 3 is 2.59 bits per heavy atom. The van der Waals surface area contributed by atoms with E-state index < -0.39 is 5.54 Å². The molecule has 0 radical (unpaired) electrons. The van der Waals surface area contributed by atoms with Gasteiger partial charge in [-0.1, -0.05) is 54.6 Å². The first-order valence-electron chi connectivity index (χ1n) is 11.3. The number of halogens is 1. The second kappa shape index (κ2) is 9.15. The van der Waals surface area contributed by atoms with Crippen LogP contribution in [-0.4, -0.2) is 16.4 Å². The van der Waals surface area contributed by atoms with E-state index in [1.54, 1.807) is 18.2 Å². The molecule has 1 amide bonds. The van der Waals surface area contributed by atoms with Crippen LogP contribution in [0.4, 0.5) is 4.39 Å². The summed E-state index contributed by atoms with van der Waals surface area (Å²) in [5.41, 5.74) is 2.33. The molecule has 172 valence electrons. The Kier molecular flexibility index (Phi) is 5.90. The molecule has 3 aromatic carbocycles. The maximum Gasteiger partial charge on any atom is 0.240 e. The van der Waals surface area contributed by atoms with Gasteiger partial charge in [-0.2, -0.15) is 0 Å². The smallest absolute Gasteiger partial charge is 0.240 e. The van der Waals surface area contributed by atoms with E-state index >= 15 is 0 Å². The first-order chi connectivity index (χ1) is 16.5. The zero-order valence-electron chi connectivity index (χ0n) is 18.9. The van der Waals surface area contributed by atoms with Gasteiger partial charge in [-0.25, -0.2) is 4.39 Å². The monoisotopic (exact) mass is 455 g/mol. The van der Waals surface area contributed by atoms with Crippen molar-refractivity contribution in [3.63, 3.8) is 0 Å². The highest BCUT2D eigenvalue weighted by atomic mass is 19.1. The summed E-state index contributed by atoms with van der Waals surface area (Å²) in [6.07, 6.45) is 2.39. The highest BCUT2D eigenvalue weighted by Gasteiger charge is 2.34. The molecule has 0 fully saturated rings. The topological polar surface area (TPSA) is 70.1 Å². The van der Waals surface area contributed by atoms with E-state index in [-0.39, 0.29) is 18.3 Å². The number of fused-ring (bicyclic) bond motifs is 2. The number of H-pyrrole nitrogens is 1. The number of para-hydroxylation sites is 2. The molecule has 0 spiro atoms. The molecule has 0 saturated carbocycles. The number of hydrogen-bond acceptors (Lipinski definition) is 3. The van der Waals surface area contributed by atoms with Gasteiger partial charge in [0.05, 0.1) is 12.1 Å². The Labute approximate surface area is 197 Å². The van der Waals surface area contributed by atoms with Crippen molar-refractivity contribution in [2.75, 3.05) is 0 Å². The minimum atomic E-state index is -0.963. The maximum absolute atomic E-state index is 14.1. The lowest BCUT2D eigenvalue weighted by Gasteiger charge is -2.29. The van der Waals surface area contributed by atoms with Gasteiger partial charge in [-0.15, -0.1) is 0 Å². The first kappa shape index (κ1) is 21.9. The zero-order valence-corrected chi connectivity index (χ0v) is 18.9. The van der Waals surface area contributed by atoms with Crippen LogP contribution in [0.5, 0.6) is 0 Å². The van der Waals surface area contributed by atoms with Gasteiger partial charge in [0, 0.05) is 41.0 Å². The molecule has 5 rings (SSSR count). The lowest BCUT2D eigenvalue weighted by atomic mass is 9.91. The molecule has 5 aromatic rings. The predicted molar refractivity (Wildman–Crippen MR) is 132 cm³/mol. The second-order valence-corrected chi connectivity index (χ2v) is 8.75. The summed E-state index contributed by atoms with van der Waals surface area (Å²) >= 11 is 0. The largest absolute Gasteiger partial charge is 0.460 e. The number of aromatic amines is 1. The van der Waals surface area contributed by atoms with Crippen LogP contribution in [-0.2, 0) is 24.3 Å². The first-order valence-corrected chi connectivity index (χ1v) is 11.3. The van der Waals surface area contributed by atoms with E-state index in [0.717, 1.165) is 33.2 Å². The van der Waals surface area contributed by atoms with Crippen molar-refractivity contribution in [2.45, 2.75) is 32.0 Å². The molecule has 0 aliphatic heterocycles. The van der Waals surface area contributed by atoms with Gasteiger partial charge in [-0.3, -0.25) is 10.1 Å². The molecular weight excluding hydrogens is 429 g/mol. The van der Waals surface area contributed by atoms with Gasteiger partial charge in [0.1, 0.15) is 17.2 Å². The third kappa shape index (κ3) is 4.45. The van der Waals surface area contributed by atoms with Gasteiger partial charge in [0.15, 0.2) is 0 Å². The normalized spacial score (nSPS) is 13.2. The summed E-state index contributed by atoms with van der Waals surface area (Å²) in [7, 11) is 0. The summed E-state index contributed by atoms with van der Waals surface area (Å²) in [6, 6.07) is 24.3. The maximum atomic E-state index is 14.1. The Morgan fingerprint density at radius 2 is 1.74 bits per heavy atom. The van der Waals surface area contributed by atoms with E-state index in [1.807, 2.05) is 67.7 Å². The van der Waals surface area contributed by atoms with Crippen LogP contribution in [0.1, 0.15) is 23.8 Å². The molecule has 0 bridgehead atoms. The standard InChI is InChI=1S/C28H26FN3O2/c1-28(15-21-17-30-25-12-6-4-10-23(21)25,27(33)31-16-20-9-2-5-11-24(20)29)32-18-22-14-19-8-3-7-13-26(19)34-22/h2-14,17,30,32H,15-16,18H2,1H3,(H,31,33). The van der Waals surface area contributed by atoms with E-state index in [2.05, 4.69) is 15.6 Å². The van der Waals surface area contributed by atoms with Gasteiger partial charge in [0.2, 0.25) is 5.91 Å². The van der Waals surface area contributed by atoms with E-state index in [1.165, 1.54) is 6.07 Å². The molecular formula is C28H26FN3O2. The molecule has 0 aliphatic carbocycles. The number of amides is 1. The summed E-state index contributed by atoms with van der Waals surface area (Å²) in [5, 5.41) is 8.42. The lowest BCUT2D eigenvalue weighted by Crippen LogP contribution is -2.55. The minimum Gasteiger partial charge on any atom is -0.460 e. The molecule has 1 atom stereocenters. The molecule has 2 aromatic heterocycles. The fourth-order valence-corrected chi connectivity index (χ4v) is 4.30. The summed E-state index contributed by atoms with van der Waals surface area (Å²) in [6.45, 7) is 2.36. The van der Waals surface area contributed by atoms with Crippen molar-refractivity contribution in [2.24, 2.45) is 0 Å². The number of furan rings is 1. The molecule has 34 heavy (non-hydrogen) atoms. The van der Waals surface area contributed by atoms with Gasteiger partial charge in [-0.05, 0) is 36.8 Å². The van der Waals surface area contributed by atoms with Gasteiger partial charge < -0.3 is 14.7 Å². The van der Waals surface area contributed by atoms with Crippen LogP contribution < -0.4 is 10.6 Å². The number of aromatic nitrogens is 1. The van der Waals surface area contributed by atoms with Crippen LogP contribution in [0.2, 0.25) is 0 Å². The van der Waals surface area contributed by atoms with E-state index in [9.17, 15) is 9.18 Å². The highest BCUT2D eigenvalue weighted by Crippen LogP contribution is 2.24. The van der Waals surface area contributed by atoms with Crippen LogP contribution >= 0.6 is 0 Å². The third-order valence-corrected chi connectivity index (χ3v) is 6.25. The summed E-state index contributed by atoms with van der Waals surface area (Å²) in [5.74, 6) is 0.196. The van der Waals surface area contributed by atoms with Crippen molar-refractivity contribution in [3.05, 3.63) is 108 Å². The zero-order chi connectivity index (χ0) is 23.5. The molecule has 0 aliphatic rings. The molecule has 2 heterocycles. The number of carbonyl (C=O) groups excluding carboxylic acids is 1. The molecule has 5 nitrogen and oxygen atoms in total. The SMILES string of the molecule is CC(Cc1c[nH]c2ccccc12)(NCc1cc2ccccc2o1)C(=O)NCc1ccccc1F. The molecule has 0 saturated heterocycles. The van der Waals surface area contributed by atoms with Crippen LogP contribution in [0, 0.1) is 5.82 Å². The molecule has 1 unspecified atom stereocenters. The Bertz CT molecular complexity index is 1420. The molecule has 6 heteroatoms.